The Kier molecular flexibility index (Phi) is 4.19. The first-order valence-electron chi connectivity index (χ1n) is 8.05. The Balaban J connectivity index is 1.71. The van der Waals surface area contributed by atoms with Gasteiger partial charge in [-0.1, -0.05) is 20.8 Å². The second kappa shape index (κ2) is 5.76. The summed E-state index contributed by atoms with van der Waals surface area (Å²) in [5.41, 5.74) is 1.04. The molecule has 2 amide bonds. The van der Waals surface area contributed by atoms with Crippen LogP contribution < -0.4 is 5.32 Å². The topological polar surface area (TPSA) is 49.4 Å². The Bertz CT molecular complexity index is 641. The van der Waals surface area contributed by atoms with E-state index in [4.69, 9.17) is 0 Å². The molecule has 1 heterocycles. The molecule has 4 nitrogen and oxygen atoms in total. The van der Waals surface area contributed by atoms with E-state index in [9.17, 15) is 9.59 Å². The Morgan fingerprint density at radius 2 is 1.83 bits per heavy atom. The van der Waals surface area contributed by atoms with Crippen molar-refractivity contribution in [2.45, 2.75) is 46.1 Å². The van der Waals surface area contributed by atoms with E-state index >= 15 is 0 Å². The fourth-order valence-corrected chi connectivity index (χ4v) is 4.91. The van der Waals surface area contributed by atoms with Gasteiger partial charge in [0.1, 0.15) is 0 Å². The molecule has 1 saturated heterocycles. The zero-order valence-electron chi connectivity index (χ0n) is 13.9. The third-order valence-corrected chi connectivity index (χ3v) is 5.69. The molecule has 0 spiro atoms. The number of likely N-dealkylation sites (tertiary alicyclic amines) is 1. The summed E-state index contributed by atoms with van der Waals surface area (Å²) in [6.07, 6.45) is 3.10. The number of fused-ring (bicyclic) bond motifs is 2. The van der Waals surface area contributed by atoms with E-state index in [1.807, 2.05) is 24.3 Å². The van der Waals surface area contributed by atoms with Crippen LogP contribution in [0.3, 0.4) is 0 Å². The average Bonchev–Trinajstić information content (AvgIpc) is 2.69. The second-order valence-electron chi connectivity index (χ2n) is 8.11. The Morgan fingerprint density at radius 1 is 1.17 bits per heavy atom. The van der Waals surface area contributed by atoms with Gasteiger partial charge in [-0.15, -0.1) is 0 Å². The largest absolute Gasteiger partial charge is 0.331 e. The van der Waals surface area contributed by atoms with Crippen LogP contribution in [0.15, 0.2) is 24.3 Å². The van der Waals surface area contributed by atoms with Gasteiger partial charge in [-0.25, -0.2) is 0 Å². The molecule has 2 fully saturated rings. The smallest absolute Gasteiger partial charge is 0.313 e. The van der Waals surface area contributed by atoms with E-state index in [2.05, 4.69) is 48.7 Å². The second-order valence-corrected chi connectivity index (χ2v) is 9.35. The lowest BCUT2D eigenvalue weighted by molar-refractivity contribution is -0.144. The Labute approximate surface area is 151 Å². The van der Waals surface area contributed by atoms with Crippen molar-refractivity contribution in [3.05, 3.63) is 27.8 Å². The van der Waals surface area contributed by atoms with Crippen LogP contribution in [0.1, 0.15) is 40.0 Å². The highest BCUT2D eigenvalue weighted by Gasteiger charge is 2.51. The SMILES string of the molecule is CC1(C)CC2CC(C)(CN2C(=O)C(=O)Nc2ccc(I)cc2)C1. The molecule has 1 aromatic rings. The number of carbonyl (C=O) groups is 2. The highest BCUT2D eigenvalue weighted by Crippen LogP contribution is 2.52. The maximum atomic E-state index is 12.6. The summed E-state index contributed by atoms with van der Waals surface area (Å²) in [6, 6.07) is 7.65. The van der Waals surface area contributed by atoms with Crippen LogP contribution in [0.25, 0.3) is 0 Å². The maximum Gasteiger partial charge on any atom is 0.313 e. The van der Waals surface area contributed by atoms with Crippen molar-refractivity contribution in [2.24, 2.45) is 10.8 Å². The lowest BCUT2D eigenvalue weighted by Gasteiger charge is -2.39. The molecule has 1 aliphatic carbocycles. The van der Waals surface area contributed by atoms with Crippen molar-refractivity contribution >= 4 is 40.1 Å². The van der Waals surface area contributed by atoms with Gasteiger partial charge in [0, 0.05) is 21.8 Å². The summed E-state index contributed by atoms with van der Waals surface area (Å²) in [7, 11) is 0. The van der Waals surface area contributed by atoms with E-state index in [1.165, 1.54) is 0 Å². The number of nitrogens with zero attached hydrogens (tertiary/aromatic N) is 1. The molecule has 0 aromatic heterocycles. The summed E-state index contributed by atoms with van der Waals surface area (Å²) < 4.78 is 1.09. The normalized spacial score (nSPS) is 28.5. The van der Waals surface area contributed by atoms with E-state index < -0.39 is 11.8 Å². The van der Waals surface area contributed by atoms with Gasteiger partial charge in [0.15, 0.2) is 0 Å². The van der Waals surface area contributed by atoms with Gasteiger partial charge >= 0.3 is 11.8 Å². The van der Waals surface area contributed by atoms with E-state index in [0.717, 1.165) is 22.8 Å². The summed E-state index contributed by atoms with van der Waals surface area (Å²) in [5, 5.41) is 2.73. The van der Waals surface area contributed by atoms with Crippen LogP contribution in [-0.2, 0) is 9.59 Å². The number of carbonyl (C=O) groups excluding carboxylic acids is 2. The molecule has 2 bridgehead atoms. The number of hydrogen-bond donors (Lipinski definition) is 1. The maximum absolute atomic E-state index is 12.6. The molecule has 1 N–H and O–H groups in total. The van der Waals surface area contributed by atoms with Gasteiger partial charge in [-0.2, -0.15) is 0 Å². The van der Waals surface area contributed by atoms with E-state index in [0.29, 0.717) is 12.2 Å². The van der Waals surface area contributed by atoms with Crippen molar-refractivity contribution in [1.29, 1.82) is 0 Å². The molecule has 124 valence electrons. The Morgan fingerprint density at radius 3 is 2.48 bits per heavy atom. The first-order valence-corrected chi connectivity index (χ1v) is 9.13. The van der Waals surface area contributed by atoms with Crippen LogP contribution in [0.4, 0.5) is 5.69 Å². The molecule has 1 saturated carbocycles. The molecule has 2 unspecified atom stereocenters. The number of hydrogen-bond acceptors (Lipinski definition) is 2. The number of anilines is 1. The molecule has 5 heteroatoms. The summed E-state index contributed by atoms with van der Waals surface area (Å²) in [5.74, 6) is -0.921. The van der Waals surface area contributed by atoms with Gasteiger partial charge in [0.05, 0.1) is 0 Å². The molecular weight excluding hydrogens is 403 g/mol. The van der Waals surface area contributed by atoms with Gasteiger partial charge < -0.3 is 10.2 Å². The molecule has 2 atom stereocenters. The van der Waals surface area contributed by atoms with Gasteiger partial charge in [0.2, 0.25) is 0 Å². The average molecular weight is 426 g/mol. The third-order valence-electron chi connectivity index (χ3n) is 4.97. The first-order chi connectivity index (χ1) is 10.7. The van der Waals surface area contributed by atoms with Gasteiger partial charge in [0.25, 0.3) is 0 Å². The molecule has 3 rings (SSSR count). The van der Waals surface area contributed by atoms with Gasteiger partial charge in [-0.05, 0) is 76.9 Å². The standard InChI is InChI=1S/C18H23IN2O2/c1-17(2)8-14-9-18(3,10-17)11-21(14)16(23)15(22)20-13-6-4-12(19)5-7-13/h4-7,14H,8-11H2,1-3H3,(H,20,22). The lowest BCUT2D eigenvalue weighted by atomic mass is 9.65. The zero-order valence-corrected chi connectivity index (χ0v) is 16.0. The third kappa shape index (κ3) is 3.54. The molecular formula is C18H23IN2O2. The minimum Gasteiger partial charge on any atom is -0.331 e. The Hall–Kier alpha value is -1.11. The number of benzene rings is 1. The molecule has 0 radical (unpaired) electrons. The molecule has 2 aliphatic rings. The molecule has 23 heavy (non-hydrogen) atoms. The highest BCUT2D eigenvalue weighted by atomic mass is 127. The summed E-state index contributed by atoms with van der Waals surface area (Å²) in [6.45, 7) is 7.46. The fraction of sp³-hybridized carbons (Fsp3) is 0.556. The minimum absolute atomic E-state index is 0.144. The quantitative estimate of drug-likeness (QED) is 0.551. The predicted molar refractivity (Wildman–Crippen MR) is 99.0 cm³/mol. The van der Waals surface area contributed by atoms with Gasteiger partial charge in [-0.3, -0.25) is 9.59 Å². The van der Waals surface area contributed by atoms with Crippen LogP contribution >= 0.6 is 22.6 Å². The zero-order chi connectivity index (χ0) is 16.8. The number of rotatable bonds is 1. The molecule has 1 aromatic carbocycles. The predicted octanol–water partition coefficient (Wildman–Crippen LogP) is 3.66. The number of halogens is 1. The minimum atomic E-state index is -0.528. The van der Waals surface area contributed by atoms with Crippen LogP contribution in [0.5, 0.6) is 0 Å². The summed E-state index contributed by atoms with van der Waals surface area (Å²) >= 11 is 2.21. The fourth-order valence-electron chi connectivity index (χ4n) is 4.55. The van der Waals surface area contributed by atoms with Crippen LogP contribution in [0, 0.1) is 14.4 Å². The van der Waals surface area contributed by atoms with Crippen molar-refractivity contribution < 1.29 is 9.59 Å². The summed E-state index contributed by atoms with van der Waals surface area (Å²) in [4.78, 5) is 26.8. The van der Waals surface area contributed by atoms with Crippen LogP contribution in [0.2, 0.25) is 0 Å². The van der Waals surface area contributed by atoms with Crippen molar-refractivity contribution in [2.75, 3.05) is 11.9 Å². The number of nitrogens with one attached hydrogen (secondary N) is 1. The lowest BCUT2D eigenvalue weighted by Crippen LogP contribution is -2.43. The van der Waals surface area contributed by atoms with Crippen molar-refractivity contribution in [3.63, 3.8) is 0 Å². The number of amides is 2. The van der Waals surface area contributed by atoms with E-state index in [1.54, 1.807) is 4.90 Å². The van der Waals surface area contributed by atoms with Crippen LogP contribution in [-0.4, -0.2) is 29.3 Å². The highest BCUT2D eigenvalue weighted by molar-refractivity contribution is 14.1. The van der Waals surface area contributed by atoms with E-state index in [-0.39, 0.29) is 16.9 Å². The molecule has 1 aliphatic heterocycles. The van der Waals surface area contributed by atoms with Crippen molar-refractivity contribution in [1.82, 2.24) is 4.90 Å². The first kappa shape index (κ1) is 16.7. The monoisotopic (exact) mass is 426 g/mol. The van der Waals surface area contributed by atoms with Crippen molar-refractivity contribution in [3.8, 4) is 0 Å².